The third-order valence-electron chi connectivity index (χ3n) is 4.07. The van der Waals surface area contributed by atoms with Crippen molar-refractivity contribution < 1.29 is 23.1 Å². The second-order valence-electron chi connectivity index (χ2n) is 5.73. The average molecular weight is 374 g/mol. The summed E-state index contributed by atoms with van der Waals surface area (Å²) in [6, 6.07) is 14.5. The highest BCUT2D eigenvalue weighted by atomic mass is 28.3. The number of esters is 1. The molecule has 0 aliphatic carbocycles. The van der Waals surface area contributed by atoms with Crippen LogP contribution in [0.1, 0.15) is 41.2 Å². The Bertz CT molecular complexity index is 701. The molecule has 2 aromatic rings. The van der Waals surface area contributed by atoms with E-state index in [0.717, 1.165) is 18.4 Å². The summed E-state index contributed by atoms with van der Waals surface area (Å²) in [5.41, 5.74) is 1.71. The molecule has 0 heterocycles. The molecule has 0 aliphatic rings. The SMILES string of the molecule is CCCC(c1ccc(OC(=O)c2ccccc2)c(OC)c1)[Si](OC)OC. The topological polar surface area (TPSA) is 54.0 Å². The quantitative estimate of drug-likeness (QED) is 0.376. The van der Waals surface area contributed by atoms with Gasteiger partial charge >= 0.3 is 15.3 Å². The Morgan fingerprint density at radius 1 is 1.00 bits per heavy atom. The first-order chi connectivity index (χ1) is 12.6. The van der Waals surface area contributed by atoms with Crippen molar-refractivity contribution in [3.63, 3.8) is 0 Å². The zero-order valence-corrected chi connectivity index (χ0v) is 16.7. The van der Waals surface area contributed by atoms with Crippen molar-refractivity contribution in [1.82, 2.24) is 0 Å². The molecule has 5 nitrogen and oxygen atoms in total. The molecule has 0 fully saturated rings. The predicted molar refractivity (Wildman–Crippen MR) is 102 cm³/mol. The lowest BCUT2D eigenvalue weighted by Crippen LogP contribution is -2.29. The summed E-state index contributed by atoms with van der Waals surface area (Å²) in [5.74, 6) is 0.491. The standard InChI is InChI=1S/C20H25O5Si/c1-5-9-19(26(23-3)24-4)16-12-13-17(18(14-16)22-2)25-20(21)15-10-7-6-8-11-15/h6-8,10-14,19H,5,9H2,1-4H3. The van der Waals surface area contributed by atoms with E-state index in [1.54, 1.807) is 51.7 Å². The molecule has 2 aromatic carbocycles. The monoisotopic (exact) mass is 373 g/mol. The summed E-state index contributed by atoms with van der Waals surface area (Å²) in [7, 11) is 3.47. The molecule has 0 aromatic heterocycles. The smallest absolute Gasteiger partial charge is 0.392 e. The second kappa shape index (κ2) is 10.1. The van der Waals surface area contributed by atoms with Crippen molar-refractivity contribution in [2.45, 2.75) is 25.3 Å². The number of carbonyl (C=O) groups is 1. The van der Waals surface area contributed by atoms with Gasteiger partial charge in [0.25, 0.3) is 0 Å². The van der Waals surface area contributed by atoms with Crippen LogP contribution in [0.5, 0.6) is 11.5 Å². The van der Waals surface area contributed by atoms with Gasteiger partial charge in [0.15, 0.2) is 11.5 Å². The van der Waals surface area contributed by atoms with Crippen LogP contribution in [0, 0.1) is 0 Å². The molecule has 26 heavy (non-hydrogen) atoms. The van der Waals surface area contributed by atoms with Crippen LogP contribution in [-0.2, 0) is 8.85 Å². The van der Waals surface area contributed by atoms with E-state index in [1.807, 2.05) is 18.2 Å². The van der Waals surface area contributed by atoms with Crippen molar-refractivity contribution in [1.29, 1.82) is 0 Å². The lowest BCUT2D eigenvalue weighted by atomic mass is 10.1. The highest BCUT2D eigenvalue weighted by Crippen LogP contribution is 2.34. The number of methoxy groups -OCH3 is 1. The molecular formula is C20H25O5Si. The van der Waals surface area contributed by atoms with Crippen molar-refractivity contribution in [3.8, 4) is 11.5 Å². The molecule has 0 aliphatic heterocycles. The number of benzene rings is 2. The first-order valence-electron chi connectivity index (χ1n) is 8.54. The van der Waals surface area contributed by atoms with E-state index in [-0.39, 0.29) is 5.54 Å². The van der Waals surface area contributed by atoms with Crippen molar-refractivity contribution >= 4 is 15.3 Å². The molecule has 0 bridgehead atoms. The van der Waals surface area contributed by atoms with Crippen molar-refractivity contribution in [2.75, 3.05) is 21.3 Å². The molecule has 1 radical (unpaired) electrons. The first-order valence-corrected chi connectivity index (χ1v) is 9.93. The fraction of sp³-hybridized carbons (Fsp3) is 0.350. The summed E-state index contributed by atoms with van der Waals surface area (Å²) in [4.78, 5) is 12.3. The van der Waals surface area contributed by atoms with Crippen LogP contribution in [0.4, 0.5) is 0 Å². The van der Waals surface area contributed by atoms with E-state index in [0.29, 0.717) is 17.1 Å². The van der Waals surface area contributed by atoms with Gasteiger partial charge in [-0.05, 0) is 36.2 Å². The third-order valence-corrected chi connectivity index (χ3v) is 6.06. The zero-order chi connectivity index (χ0) is 18.9. The van der Waals surface area contributed by atoms with E-state index >= 15 is 0 Å². The number of rotatable bonds is 9. The lowest BCUT2D eigenvalue weighted by molar-refractivity contribution is 0.0729. The predicted octanol–water partition coefficient (Wildman–Crippen LogP) is 4.12. The molecule has 1 atom stereocenters. The van der Waals surface area contributed by atoms with E-state index in [1.165, 1.54) is 0 Å². The Hall–Kier alpha value is -2.15. The van der Waals surface area contributed by atoms with Gasteiger partial charge in [-0.15, -0.1) is 0 Å². The Balaban J connectivity index is 2.27. The largest absolute Gasteiger partial charge is 0.493 e. The van der Waals surface area contributed by atoms with E-state index in [2.05, 4.69) is 6.92 Å². The Morgan fingerprint density at radius 3 is 2.27 bits per heavy atom. The van der Waals surface area contributed by atoms with E-state index in [9.17, 15) is 4.79 Å². The molecule has 0 N–H and O–H groups in total. The fourth-order valence-electron chi connectivity index (χ4n) is 2.80. The summed E-state index contributed by atoms with van der Waals surface area (Å²) in [6.07, 6.45) is 1.96. The highest BCUT2D eigenvalue weighted by molar-refractivity contribution is 6.46. The minimum atomic E-state index is -1.44. The van der Waals surface area contributed by atoms with Gasteiger partial charge in [-0.3, -0.25) is 0 Å². The molecule has 0 saturated carbocycles. The van der Waals surface area contributed by atoms with Gasteiger partial charge in [-0.25, -0.2) is 4.79 Å². The Kier molecular flexibility index (Phi) is 7.84. The minimum Gasteiger partial charge on any atom is -0.493 e. The molecule has 0 amide bonds. The van der Waals surface area contributed by atoms with Crippen LogP contribution in [0.15, 0.2) is 48.5 Å². The Labute approximate surface area is 156 Å². The Morgan fingerprint density at radius 2 is 1.69 bits per heavy atom. The maximum Gasteiger partial charge on any atom is 0.392 e. The molecule has 1 unspecified atom stereocenters. The molecule has 2 rings (SSSR count). The van der Waals surface area contributed by atoms with Crippen molar-refractivity contribution in [2.24, 2.45) is 0 Å². The maximum atomic E-state index is 12.3. The number of hydrogen-bond acceptors (Lipinski definition) is 5. The summed E-state index contributed by atoms with van der Waals surface area (Å²) in [5, 5.41) is 0. The summed E-state index contributed by atoms with van der Waals surface area (Å²) in [6.45, 7) is 2.13. The zero-order valence-electron chi connectivity index (χ0n) is 15.7. The van der Waals surface area contributed by atoms with Gasteiger partial charge in [0, 0.05) is 19.8 Å². The van der Waals surface area contributed by atoms with Crippen LogP contribution in [0.3, 0.4) is 0 Å². The van der Waals surface area contributed by atoms with Crippen molar-refractivity contribution in [3.05, 3.63) is 59.7 Å². The van der Waals surface area contributed by atoms with Crippen LogP contribution in [0.2, 0.25) is 0 Å². The van der Waals surface area contributed by atoms with Gasteiger partial charge in [-0.1, -0.05) is 37.6 Å². The minimum absolute atomic E-state index is 0.160. The summed E-state index contributed by atoms with van der Waals surface area (Å²) >= 11 is 0. The van der Waals surface area contributed by atoms with Gasteiger partial charge in [0.1, 0.15) is 0 Å². The number of hydrogen-bond donors (Lipinski definition) is 0. The van der Waals surface area contributed by atoms with Crippen LogP contribution >= 0.6 is 0 Å². The van der Waals surface area contributed by atoms with E-state index in [4.69, 9.17) is 18.3 Å². The maximum absolute atomic E-state index is 12.3. The normalized spacial score (nSPS) is 12.0. The first kappa shape index (κ1) is 20.2. The number of carbonyl (C=O) groups excluding carboxylic acids is 1. The molecule has 0 spiro atoms. The molecule has 139 valence electrons. The fourth-order valence-corrected chi connectivity index (χ4v) is 4.51. The molecule has 0 saturated heterocycles. The van der Waals surface area contributed by atoms with Gasteiger partial charge < -0.3 is 18.3 Å². The highest BCUT2D eigenvalue weighted by Gasteiger charge is 2.28. The number of ether oxygens (including phenoxy) is 2. The summed E-state index contributed by atoms with van der Waals surface area (Å²) < 4.78 is 22.1. The van der Waals surface area contributed by atoms with Gasteiger partial charge in [0.05, 0.1) is 12.7 Å². The molecule has 6 heteroatoms. The second-order valence-corrected chi connectivity index (χ2v) is 7.89. The van der Waals surface area contributed by atoms with Crippen LogP contribution in [0.25, 0.3) is 0 Å². The molecular weight excluding hydrogens is 348 g/mol. The van der Waals surface area contributed by atoms with E-state index < -0.39 is 15.3 Å². The van der Waals surface area contributed by atoms with Gasteiger partial charge in [-0.2, -0.15) is 0 Å². The average Bonchev–Trinajstić information content (AvgIpc) is 2.69. The lowest BCUT2D eigenvalue weighted by Gasteiger charge is -2.22. The van der Waals surface area contributed by atoms with Crippen LogP contribution in [-0.4, -0.2) is 36.6 Å². The van der Waals surface area contributed by atoms with Crippen LogP contribution < -0.4 is 9.47 Å². The third kappa shape index (κ3) is 4.94. The van der Waals surface area contributed by atoms with Gasteiger partial charge in [0.2, 0.25) is 0 Å².